The van der Waals surface area contributed by atoms with Crippen LogP contribution in [-0.2, 0) is 6.42 Å². The Balaban J connectivity index is 1.54. The highest BCUT2D eigenvalue weighted by molar-refractivity contribution is 5.92. The topological polar surface area (TPSA) is 60.0 Å². The summed E-state index contributed by atoms with van der Waals surface area (Å²) in [6, 6.07) is 12.1. The van der Waals surface area contributed by atoms with Crippen molar-refractivity contribution in [3.05, 3.63) is 53.9 Å². The lowest BCUT2D eigenvalue weighted by Crippen LogP contribution is -2.27. The van der Waals surface area contributed by atoms with Crippen molar-refractivity contribution >= 4 is 11.6 Å². The molecule has 3 rings (SSSR count). The summed E-state index contributed by atoms with van der Waals surface area (Å²) in [7, 11) is 0. The van der Waals surface area contributed by atoms with Crippen molar-refractivity contribution in [2.24, 2.45) is 0 Å². The number of benzene rings is 1. The highest BCUT2D eigenvalue weighted by atomic mass is 16.1. The Kier molecular flexibility index (Phi) is 3.46. The number of nitrogens with one attached hydrogen (secondary N) is 1. The van der Waals surface area contributed by atoms with Crippen LogP contribution < -0.4 is 11.1 Å². The predicted molar refractivity (Wildman–Crippen MR) is 79.6 cm³/mol. The van der Waals surface area contributed by atoms with Gasteiger partial charge in [-0.3, -0.25) is 4.79 Å². The van der Waals surface area contributed by atoms with Crippen LogP contribution in [0.25, 0.3) is 0 Å². The van der Waals surface area contributed by atoms with Crippen LogP contribution in [0.15, 0.2) is 42.6 Å². The van der Waals surface area contributed by atoms with Crippen molar-refractivity contribution < 1.29 is 4.79 Å². The Hall–Kier alpha value is -2.23. The molecule has 0 spiro atoms. The maximum atomic E-state index is 12.2. The highest BCUT2D eigenvalue weighted by Gasteiger charge is 2.26. The third-order valence-electron chi connectivity index (χ3n) is 3.63. The summed E-state index contributed by atoms with van der Waals surface area (Å²) in [5.74, 6) is 0.0114. The van der Waals surface area contributed by atoms with Crippen LogP contribution in [0, 0.1) is 0 Å². The number of aromatic nitrogens is 1. The molecular weight excluding hydrogens is 250 g/mol. The van der Waals surface area contributed by atoms with Crippen molar-refractivity contribution in [1.29, 1.82) is 0 Å². The number of rotatable bonds is 5. The summed E-state index contributed by atoms with van der Waals surface area (Å²) < 4.78 is 2.08. The predicted octanol–water partition coefficient (Wildman–Crippen LogP) is 2.38. The van der Waals surface area contributed by atoms with E-state index in [1.165, 1.54) is 18.4 Å². The van der Waals surface area contributed by atoms with E-state index in [0.717, 1.165) is 17.8 Å². The van der Waals surface area contributed by atoms with E-state index in [9.17, 15) is 4.79 Å². The van der Waals surface area contributed by atoms with Crippen LogP contribution in [0.4, 0.5) is 5.69 Å². The molecule has 0 bridgehead atoms. The number of hydrogen-bond donors (Lipinski definition) is 2. The number of hydrogen-bond acceptors (Lipinski definition) is 2. The van der Waals surface area contributed by atoms with Crippen molar-refractivity contribution in [3.8, 4) is 0 Å². The molecule has 0 unspecified atom stereocenters. The number of nitrogens with two attached hydrogens (primary N) is 1. The van der Waals surface area contributed by atoms with E-state index in [1.54, 1.807) is 0 Å². The molecule has 3 N–H and O–H groups in total. The molecule has 1 aliphatic carbocycles. The van der Waals surface area contributed by atoms with E-state index < -0.39 is 0 Å². The molecule has 1 fully saturated rings. The molecule has 1 amide bonds. The number of carbonyl (C=O) groups is 1. The quantitative estimate of drug-likeness (QED) is 0.819. The first-order chi connectivity index (χ1) is 9.74. The smallest absolute Gasteiger partial charge is 0.267 e. The fourth-order valence-electron chi connectivity index (χ4n) is 2.35. The first-order valence-electron chi connectivity index (χ1n) is 7.03. The lowest BCUT2D eigenvalue weighted by atomic mass is 10.1. The second kappa shape index (κ2) is 5.41. The molecule has 1 saturated carbocycles. The second-order valence-electron chi connectivity index (χ2n) is 5.28. The molecular formula is C16H19N3O. The Labute approximate surface area is 118 Å². The molecule has 0 atom stereocenters. The van der Waals surface area contributed by atoms with Gasteiger partial charge in [-0.25, -0.2) is 0 Å². The summed E-state index contributed by atoms with van der Waals surface area (Å²) in [6.45, 7) is 0.637. The molecule has 1 aromatic heterocycles. The molecule has 104 valence electrons. The molecule has 0 aliphatic heterocycles. The normalized spacial score (nSPS) is 14.2. The van der Waals surface area contributed by atoms with Gasteiger partial charge in [-0.05, 0) is 49.1 Å². The maximum absolute atomic E-state index is 12.2. The lowest BCUT2D eigenvalue weighted by molar-refractivity contribution is 0.0944. The zero-order chi connectivity index (χ0) is 13.9. The van der Waals surface area contributed by atoms with E-state index in [-0.39, 0.29) is 5.91 Å². The Morgan fingerprint density at radius 3 is 2.70 bits per heavy atom. The fourth-order valence-corrected chi connectivity index (χ4v) is 2.35. The third kappa shape index (κ3) is 2.85. The number of nitrogen functional groups attached to an aromatic ring is 1. The molecule has 0 saturated heterocycles. The number of carbonyl (C=O) groups excluding carboxylic acids is 1. The molecule has 20 heavy (non-hydrogen) atoms. The second-order valence-corrected chi connectivity index (χ2v) is 5.28. The van der Waals surface area contributed by atoms with Gasteiger partial charge < -0.3 is 15.6 Å². The van der Waals surface area contributed by atoms with Gasteiger partial charge in [-0.2, -0.15) is 0 Å². The number of amides is 1. The average Bonchev–Trinajstić information content (AvgIpc) is 3.18. The Morgan fingerprint density at radius 1 is 1.25 bits per heavy atom. The molecule has 1 aromatic carbocycles. The van der Waals surface area contributed by atoms with Gasteiger partial charge in [-0.15, -0.1) is 0 Å². The lowest BCUT2D eigenvalue weighted by Gasteiger charge is -2.09. The number of nitrogens with zero attached hydrogens (tertiary/aromatic N) is 1. The summed E-state index contributed by atoms with van der Waals surface area (Å²) in [5.41, 5.74) is 8.36. The summed E-state index contributed by atoms with van der Waals surface area (Å²) in [5, 5.41) is 2.98. The van der Waals surface area contributed by atoms with Crippen molar-refractivity contribution in [3.63, 3.8) is 0 Å². The summed E-state index contributed by atoms with van der Waals surface area (Å²) in [4.78, 5) is 12.2. The third-order valence-corrected chi connectivity index (χ3v) is 3.63. The van der Waals surface area contributed by atoms with Gasteiger partial charge in [0.1, 0.15) is 5.69 Å². The van der Waals surface area contributed by atoms with Gasteiger partial charge in [0, 0.05) is 24.5 Å². The van der Waals surface area contributed by atoms with Crippen LogP contribution >= 0.6 is 0 Å². The zero-order valence-corrected chi connectivity index (χ0v) is 11.4. The molecule has 0 radical (unpaired) electrons. The van der Waals surface area contributed by atoms with Gasteiger partial charge in [0.05, 0.1) is 0 Å². The van der Waals surface area contributed by atoms with Crippen LogP contribution in [0.3, 0.4) is 0 Å². The minimum atomic E-state index is 0.0114. The summed E-state index contributed by atoms with van der Waals surface area (Å²) >= 11 is 0. The van der Waals surface area contributed by atoms with Crippen molar-refractivity contribution in [1.82, 2.24) is 9.88 Å². The van der Waals surface area contributed by atoms with Gasteiger partial charge >= 0.3 is 0 Å². The molecule has 4 heteroatoms. The van der Waals surface area contributed by atoms with Crippen LogP contribution in [0.2, 0.25) is 0 Å². The SMILES string of the molecule is Nc1ccc(CCNC(=O)c2cccn2C2CC2)cc1. The minimum Gasteiger partial charge on any atom is -0.399 e. The van der Waals surface area contributed by atoms with Crippen molar-refractivity contribution in [2.75, 3.05) is 12.3 Å². The minimum absolute atomic E-state index is 0.0114. The van der Waals surface area contributed by atoms with Crippen molar-refractivity contribution in [2.45, 2.75) is 25.3 Å². The van der Waals surface area contributed by atoms with Gasteiger partial charge in [-0.1, -0.05) is 12.1 Å². The van der Waals surface area contributed by atoms with E-state index in [0.29, 0.717) is 12.6 Å². The van der Waals surface area contributed by atoms with Crippen LogP contribution in [0.5, 0.6) is 0 Å². The Morgan fingerprint density at radius 2 is 2.00 bits per heavy atom. The molecule has 1 aliphatic rings. The standard InChI is InChI=1S/C16H19N3O/c17-13-5-3-12(4-6-13)9-10-18-16(20)15-2-1-11-19(15)14-7-8-14/h1-6,11,14H,7-10,17H2,(H,18,20). The van der Waals surface area contributed by atoms with E-state index >= 15 is 0 Å². The number of anilines is 1. The molecule has 1 heterocycles. The fraction of sp³-hybridized carbons (Fsp3) is 0.312. The van der Waals surface area contributed by atoms with Gasteiger partial charge in [0.2, 0.25) is 0 Å². The first-order valence-corrected chi connectivity index (χ1v) is 7.03. The first kappa shape index (κ1) is 12.8. The zero-order valence-electron chi connectivity index (χ0n) is 11.4. The summed E-state index contributed by atoms with van der Waals surface area (Å²) in [6.07, 6.45) is 5.17. The van der Waals surface area contributed by atoms with Gasteiger partial charge in [0.15, 0.2) is 0 Å². The van der Waals surface area contributed by atoms with Crippen LogP contribution in [0.1, 0.15) is 34.9 Å². The molecule has 2 aromatic rings. The largest absolute Gasteiger partial charge is 0.399 e. The monoisotopic (exact) mass is 269 g/mol. The van der Waals surface area contributed by atoms with Gasteiger partial charge in [0.25, 0.3) is 5.91 Å². The average molecular weight is 269 g/mol. The van der Waals surface area contributed by atoms with E-state index in [1.807, 2.05) is 42.6 Å². The molecule has 4 nitrogen and oxygen atoms in total. The maximum Gasteiger partial charge on any atom is 0.267 e. The Bertz CT molecular complexity index is 596. The van der Waals surface area contributed by atoms with Crippen LogP contribution in [-0.4, -0.2) is 17.0 Å². The highest BCUT2D eigenvalue weighted by Crippen LogP contribution is 2.35. The van der Waals surface area contributed by atoms with E-state index in [2.05, 4.69) is 9.88 Å². The van der Waals surface area contributed by atoms with E-state index in [4.69, 9.17) is 5.73 Å².